The molecule has 49 heavy (non-hydrogen) atoms. The number of rotatable bonds is 12. The molecule has 3 heterocycles. The van der Waals surface area contributed by atoms with Crippen molar-refractivity contribution in [3.05, 3.63) is 112 Å². The standard InChI is InChI=1S/C36H39N5O8/c1-21(2)32(43)39-35-38-31-28(33(44)40-35)37-20-41(31)34-30(47-5)29(42)27(49-34)19-48-36(22-10-7-6-8-11-22,23-14-16-25(45-3)17-15-23)24-12-9-13-26(18-24)46-4/h6-18,20-21,27,29-30,34,42H,19H2,1-5H3,(H2,38,39,40,43,44). The van der Waals surface area contributed by atoms with Crippen molar-refractivity contribution in [1.82, 2.24) is 19.5 Å². The molecule has 0 aliphatic carbocycles. The Kier molecular flexibility index (Phi) is 9.79. The molecule has 13 nitrogen and oxygen atoms in total. The number of carbonyl (C=O) groups is 1. The minimum Gasteiger partial charge on any atom is -0.497 e. The lowest BCUT2D eigenvalue weighted by Crippen LogP contribution is -2.40. The molecule has 0 radical (unpaired) electrons. The molecule has 2 aromatic heterocycles. The van der Waals surface area contributed by atoms with Gasteiger partial charge in [0.05, 0.1) is 27.2 Å². The molecule has 0 saturated carbocycles. The summed E-state index contributed by atoms with van der Waals surface area (Å²) in [5.74, 6) is 0.642. The third-order valence-electron chi connectivity index (χ3n) is 8.67. The van der Waals surface area contributed by atoms with Crippen molar-refractivity contribution < 1.29 is 33.6 Å². The number of fused-ring (bicyclic) bond motifs is 1. The second-order valence-electron chi connectivity index (χ2n) is 12.0. The molecule has 5 aromatic rings. The normalized spacial score (nSPS) is 20.3. The van der Waals surface area contributed by atoms with E-state index < -0.39 is 35.7 Å². The Morgan fingerprint density at radius 3 is 2.35 bits per heavy atom. The van der Waals surface area contributed by atoms with E-state index in [2.05, 4.69) is 20.3 Å². The molecule has 5 unspecified atom stereocenters. The van der Waals surface area contributed by atoms with Crippen LogP contribution in [0.5, 0.6) is 11.5 Å². The predicted molar refractivity (Wildman–Crippen MR) is 181 cm³/mol. The van der Waals surface area contributed by atoms with Crippen molar-refractivity contribution in [1.29, 1.82) is 0 Å². The maximum absolute atomic E-state index is 12.9. The van der Waals surface area contributed by atoms with Crippen molar-refractivity contribution in [2.75, 3.05) is 33.3 Å². The topological polar surface area (TPSA) is 159 Å². The highest BCUT2D eigenvalue weighted by atomic mass is 16.6. The summed E-state index contributed by atoms with van der Waals surface area (Å²) in [6.45, 7) is 3.38. The van der Waals surface area contributed by atoms with Gasteiger partial charge < -0.3 is 28.8 Å². The fraction of sp³-hybridized carbons (Fsp3) is 0.333. The fourth-order valence-corrected chi connectivity index (χ4v) is 6.07. The van der Waals surface area contributed by atoms with E-state index >= 15 is 0 Å². The van der Waals surface area contributed by atoms with Crippen molar-refractivity contribution in [3.8, 4) is 11.5 Å². The number of aromatic nitrogens is 4. The first-order valence-electron chi connectivity index (χ1n) is 15.8. The number of methoxy groups -OCH3 is 3. The molecule has 1 aliphatic heterocycles. The molecule has 256 valence electrons. The Bertz CT molecular complexity index is 1960. The molecule has 1 amide bonds. The Hall–Kier alpha value is -5.08. The van der Waals surface area contributed by atoms with Crippen molar-refractivity contribution in [3.63, 3.8) is 0 Å². The van der Waals surface area contributed by atoms with Crippen LogP contribution in [0, 0.1) is 5.92 Å². The average molecular weight is 670 g/mol. The van der Waals surface area contributed by atoms with E-state index in [1.165, 1.54) is 18.0 Å². The number of hydrogen-bond acceptors (Lipinski definition) is 10. The first-order valence-corrected chi connectivity index (χ1v) is 15.8. The average Bonchev–Trinajstić information content (AvgIpc) is 3.69. The lowest BCUT2D eigenvalue weighted by atomic mass is 9.80. The fourth-order valence-electron chi connectivity index (χ4n) is 6.07. The summed E-state index contributed by atoms with van der Waals surface area (Å²) in [6.07, 6.45) is -2.46. The molecular formula is C36H39N5O8. The summed E-state index contributed by atoms with van der Waals surface area (Å²) in [5, 5.41) is 14.2. The number of carbonyl (C=O) groups excluding carboxylic acids is 1. The molecule has 13 heteroatoms. The molecule has 3 N–H and O–H groups in total. The van der Waals surface area contributed by atoms with Crippen molar-refractivity contribution in [2.45, 2.75) is 44.0 Å². The SMILES string of the molecule is COc1ccc(C(OCC2OC(n3cnc4c(=O)[nH]c(NC(=O)C(C)C)nc43)C(OC)C2O)(c2ccccc2)c2cccc(OC)c2)cc1. The third-order valence-corrected chi connectivity index (χ3v) is 8.67. The molecular weight excluding hydrogens is 630 g/mol. The molecule has 6 rings (SSSR count). The summed E-state index contributed by atoms with van der Waals surface area (Å²) < 4.78 is 31.7. The predicted octanol–water partition coefficient (Wildman–Crippen LogP) is 4.01. The highest BCUT2D eigenvalue weighted by molar-refractivity contribution is 5.91. The van der Waals surface area contributed by atoms with E-state index in [1.54, 1.807) is 28.1 Å². The quantitative estimate of drug-likeness (QED) is 0.166. The van der Waals surface area contributed by atoms with E-state index in [0.29, 0.717) is 11.5 Å². The highest BCUT2D eigenvalue weighted by Crippen LogP contribution is 2.43. The van der Waals surface area contributed by atoms with Gasteiger partial charge in [0.15, 0.2) is 17.4 Å². The van der Waals surface area contributed by atoms with Crippen LogP contribution in [0.1, 0.15) is 36.8 Å². The van der Waals surface area contributed by atoms with Crippen LogP contribution in [0.2, 0.25) is 0 Å². The maximum atomic E-state index is 12.9. The van der Waals surface area contributed by atoms with Gasteiger partial charge >= 0.3 is 0 Å². The van der Waals surface area contributed by atoms with Crippen LogP contribution >= 0.6 is 0 Å². The van der Waals surface area contributed by atoms with Gasteiger partial charge in [0, 0.05) is 13.0 Å². The number of aliphatic hydroxyl groups excluding tert-OH is 1. The zero-order valence-corrected chi connectivity index (χ0v) is 27.8. The number of ether oxygens (including phenoxy) is 5. The summed E-state index contributed by atoms with van der Waals surface area (Å²) in [7, 11) is 4.68. The monoisotopic (exact) mass is 669 g/mol. The van der Waals surface area contributed by atoms with Gasteiger partial charge in [-0.15, -0.1) is 0 Å². The largest absolute Gasteiger partial charge is 0.497 e. The molecule has 1 aliphatic rings. The van der Waals surface area contributed by atoms with Crippen LogP contribution in [0.15, 0.2) is 90.0 Å². The second kappa shape index (κ2) is 14.2. The van der Waals surface area contributed by atoms with Crippen molar-refractivity contribution >= 4 is 23.0 Å². The van der Waals surface area contributed by atoms with Crippen LogP contribution in [0.25, 0.3) is 11.2 Å². The van der Waals surface area contributed by atoms with Crippen LogP contribution in [-0.2, 0) is 24.6 Å². The minimum absolute atomic E-state index is 0.0317. The van der Waals surface area contributed by atoms with E-state index in [9.17, 15) is 14.7 Å². The summed E-state index contributed by atoms with van der Waals surface area (Å²) in [6, 6.07) is 25.0. The lowest BCUT2D eigenvalue weighted by molar-refractivity contribution is -0.118. The molecule has 3 aromatic carbocycles. The van der Waals surface area contributed by atoms with E-state index in [0.717, 1.165) is 16.7 Å². The van der Waals surface area contributed by atoms with Gasteiger partial charge in [0.25, 0.3) is 5.56 Å². The molecule has 5 atom stereocenters. The van der Waals surface area contributed by atoms with Gasteiger partial charge in [0.2, 0.25) is 11.9 Å². The molecule has 0 bridgehead atoms. The highest BCUT2D eigenvalue weighted by Gasteiger charge is 2.48. The number of hydrogen-bond donors (Lipinski definition) is 3. The number of amides is 1. The first-order chi connectivity index (χ1) is 23.7. The number of nitrogens with zero attached hydrogens (tertiary/aromatic N) is 3. The number of aromatic amines is 1. The zero-order chi connectivity index (χ0) is 34.7. The Morgan fingerprint density at radius 2 is 1.67 bits per heavy atom. The molecule has 1 saturated heterocycles. The number of imidazole rings is 1. The number of benzene rings is 3. The van der Waals surface area contributed by atoms with Gasteiger partial charge in [0.1, 0.15) is 35.4 Å². The summed E-state index contributed by atoms with van der Waals surface area (Å²) >= 11 is 0. The second-order valence-corrected chi connectivity index (χ2v) is 12.0. The molecule has 1 fully saturated rings. The lowest BCUT2D eigenvalue weighted by Gasteiger charge is -2.37. The summed E-state index contributed by atoms with van der Waals surface area (Å²) in [4.78, 5) is 36.5. The van der Waals surface area contributed by atoms with Crippen LogP contribution in [0.4, 0.5) is 5.95 Å². The van der Waals surface area contributed by atoms with Gasteiger partial charge in [-0.1, -0.05) is 68.4 Å². The van der Waals surface area contributed by atoms with Crippen LogP contribution < -0.4 is 20.3 Å². The van der Waals surface area contributed by atoms with E-state index in [4.69, 9.17) is 23.7 Å². The van der Waals surface area contributed by atoms with Crippen molar-refractivity contribution in [2.24, 2.45) is 5.92 Å². The zero-order valence-electron chi connectivity index (χ0n) is 27.8. The maximum Gasteiger partial charge on any atom is 0.280 e. The third kappa shape index (κ3) is 6.41. The summed E-state index contributed by atoms with van der Waals surface area (Å²) in [5.41, 5.74) is 0.899. The van der Waals surface area contributed by atoms with Gasteiger partial charge in [-0.25, -0.2) is 4.98 Å². The number of H-pyrrole nitrogens is 1. The van der Waals surface area contributed by atoms with Crippen LogP contribution in [-0.4, -0.2) is 76.8 Å². The minimum atomic E-state index is -1.17. The Morgan fingerprint density at radius 1 is 0.980 bits per heavy atom. The van der Waals surface area contributed by atoms with E-state index in [1.807, 2.05) is 78.9 Å². The van der Waals surface area contributed by atoms with Gasteiger partial charge in [-0.2, -0.15) is 4.98 Å². The Labute approximate surface area is 282 Å². The first kappa shape index (κ1) is 33.8. The van der Waals surface area contributed by atoms with E-state index in [-0.39, 0.29) is 35.5 Å². The smallest absolute Gasteiger partial charge is 0.280 e. The number of aliphatic hydroxyl groups is 1. The van der Waals surface area contributed by atoms with Gasteiger partial charge in [-0.05, 0) is 41.0 Å². The van der Waals surface area contributed by atoms with Gasteiger partial charge in [-0.3, -0.25) is 24.5 Å². The number of anilines is 1. The number of nitrogens with one attached hydrogen (secondary N) is 2. The molecule has 0 spiro atoms. The Balaban J connectivity index is 1.39. The van der Waals surface area contributed by atoms with Crippen LogP contribution in [0.3, 0.4) is 0 Å².